The molecule has 0 heterocycles. The summed E-state index contributed by atoms with van der Waals surface area (Å²) in [5.74, 6) is 0.374. The fraction of sp³-hybridized carbons (Fsp3) is 0.273. The Hall–Kier alpha value is -3.32. The van der Waals surface area contributed by atoms with E-state index in [2.05, 4.69) is 78.9 Å². The molecule has 1 heteroatoms. The van der Waals surface area contributed by atoms with Gasteiger partial charge in [-0.3, -0.25) is 0 Å². The SMILES string of the molecule is Oc1ccc(-c2ccccc2)c(CCCCCCCCCc2ccccc2)c1-c1ccccc1. The minimum absolute atomic E-state index is 0.374. The average Bonchev–Trinajstić information content (AvgIpc) is 2.89. The van der Waals surface area contributed by atoms with E-state index in [1.54, 1.807) is 0 Å². The van der Waals surface area contributed by atoms with Crippen LogP contribution >= 0.6 is 0 Å². The molecule has 0 fully saturated rings. The van der Waals surface area contributed by atoms with E-state index in [-0.39, 0.29) is 0 Å². The maximum atomic E-state index is 10.8. The van der Waals surface area contributed by atoms with E-state index in [9.17, 15) is 5.11 Å². The van der Waals surface area contributed by atoms with Crippen molar-refractivity contribution in [1.29, 1.82) is 0 Å². The van der Waals surface area contributed by atoms with Crippen molar-refractivity contribution in [2.75, 3.05) is 0 Å². The van der Waals surface area contributed by atoms with Gasteiger partial charge in [0, 0.05) is 5.56 Å². The Balaban J connectivity index is 1.34. The number of phenols is 1. The molecule has 0 radical (unpaired) electrons. The van der Waals surface area contributed by atoms with Crippen molar-refractivity contribution in [1.82, 2.24) is 0 Å². The molecular weight excluding hydrogens is 412 g/mol. The van der Waals surface area contributed by atoms with Gasteiger partial charge >= 0.3 is 0 Å². The van der Waals surface area contributed by atoms with Gasteiger partial charge in [0.25, 0.3) is 0 Å². The van der Waals surface area contributed by atoms with Crippen molar-refractivity contribution >= 4 is 0 Å². The normalized spacial score (nSPS) is 10.9. The first-order valence-electron chi connectivity index (χ1n) is 12.8. The summed E-state index contributed by atoms with van der Waals surface area (Å²) in [4.78, 5) is 0. The van der Waals surface area contributed by atoms with Crippen LogP contribution in [0.3, 0.4) is 0 Å². The molecule has 4 aromatic rings. The predicted molar refractivity (Wildman–Crippen MR) is 145 cm³/mol. The first-order valence-corrected chi connectivity index (χ1v) is 12.8. The Morgan fingerprint density at radius 2 is 0.941 bits per heavy atom. The molecule has 0 saturated carbocycles. The van der Waals surface area contributed by atoms with Crippen molar-refractivity contribution < 1.29 is 5.11 Å². The van der Waals surface area contributed by atoms with Crippen LogP contribution in [-0.2, 0) is 12.8 Å². The van der Waals surface area contributed by atoms with Gasteiger partial charge in [0.05, 0.1) is 0 Å². The molecule has 1 N–H and O–H groups in total. The summed E-state index contributed by atoms with van der Waals surface area (Å²) in [5.41, 5.74) is 7.25. The molecule has 0 aliphatic heterocycles. The van der Waals surface area contributed by atoms with Crippen LogP contribution < -0.4 is 0 Å². The number of phenolic OH excluding ortho intramolecular Hbond substituents is 1. The van der Waals surface area contributed by atoms with E-state index in [1.807, 2.05) is 24.3 Å². The molecule has 4 aromatic carbocycles. The standard InChI is InChI=1S/C33H36O/c34-32-26-25-30(28-20-12-7-13-21-28)31(33(32)29-22-14-8-15-23-29)24-16-5-3-1-2-4-9-17-27-18-10-6-11-19-27/h6-8,10-15,18-23,25-26,34H,1-5,9,16-17,24H2. The number of hydrogen-bond donors (Lipinski definition) is 1. The fourth-order valence-corrected chi connectivity index (χ4v) is 4.87. The van der Waals surface area contributed by atoms with Gasteiger partial charge in [-0.15, -0.1) is 0 Å². The molecule has 0 unspecified atom stereocenters. The van der Waals surface area contributed by atoms with E-state index in [4.69, 9.17) is 0 Å². The van der Waals surface area contributed by atoms with E-state index < -0.39 is 0 Å². The minimum atomic E-state index is 0.374. The van der Waals surface area contributed by atoms with Crippen LogP contribution in [0, 0.1) is 0 Å². The molecule has 0 bridgehead atoms. The van der Waals surface area contributed by atoms with E-state index in [0.717, 1.165) is 24.0 Å². The second kappa shape index (κ2) is 12.8. The highest BCUT2D eigenvalue weighted by molar-refractivity contribution is 5.82. The third kappa shape index (κ3) is 6.60. The zero-order valence-electron chi connectivity index (χ0n) is 20.1. The van der Waals surface area contributed by atoms with Crippen molar-refractivity contribution in [3.63, 3.8) is 0 Å². The Morgan fingerprint density at radius 1 is 0.441 bits per heavy atom. The van der Waals surface area contributed by atoms with Crippen LogP contribution in [-0.4, -0.2) is 5.11 Å². The van der Waals surface area contributed by atoms with Crippen LogP contribution in [0.1, 0.15) is 56.1 Å². The predicted octanol–water partition coefficient (Wildman–Crippen LogP) is 9.24. The van der Waals surface area contributed by atoms with Gasteiger partial charge in [-0.25, -0.2) is 0 Å². The van der Waals surface area contributed by atoms with Crippen LogP contribution in [0.4, 0.5) is 0 Å². The van der Waals surface area contributed by atoms with Crippen molar-refractivity contribution in [3.8, 4) is 28.0 Å². The summed E-state index contributed by atoms with van der Waals surface area (Å²) < 4.78 is 0. The van der Waals surface area contributed by atoms with Crippen LogP contribution in [0.2, 0.25) is 0 Å². The first-order chi connectivity index (χ1) is 16.8. The Morgan fingerprint density at radius 3 is 1.56 bits per heavy atom. The Labute approximate surface area is 205 Å². The fourth-order valence-electron chi connectivity index (χ4n) is 4.87. The lowest BCUT2D eigenvalue weighted by molar-refractivity contribution is 0.476. The highest BCUT2D eigenvalue weighted by atomic mass is 16.3. The summed E-state index contributed by atoms with van der Waals surface area (Å²) in [6, 6.07) is 35.6. The van der Waals surface area contributed by atoms with E-state index in [0.29, 0.717) is 5.75 Å². The zero-order valence-corrected chi connectivity index (χ0v) is 20.1. The molecule has 4 rings (SSSR count). The molecule has 0 aliphatic carbocycles. The average molecular weight is 449 g/mol. The zero-order chi connectivity index (χ0) is 23.4. The van der Waals surface area contributed by atoms with E-state index in [1.165, 1.54) is 67.2 Å². The number of hydrogen-bond acceptors (Lipinski definition) is 1. The minimum Gasteiger partial charge on any atom is -0.507 e. The molecule has 0 aromatic heterocycles. The molecule has 174 valence electrons. The third-order valence-corrected chi connectivity index (χ3v) is 6.67. The van der Waals surface area contributed by atoms with Gasteiger partial charge in [0.15, 0.2) is 0 Å². The lowest BCUT2D eigenvalue weighted by atomic mass is 9.88. The van der Waals surface area contributed by atoms with Crippen LogP contribution in [0.25, 0.3) is 22.3 Å². The summed E-state index contributed by atoms with van der Waals surface area (Å²) in [6.45, 7) is 0. The van der Waals surface area contributed by atoms with Gasteiger partial charge in [-0.1, -0.05) is 129 Å². The highest BCUT2D eigenvalue weighted by Gasteiger charge is 2.15. The highest BCUT2D eigenvalue weighted by Crippen LogP contribution is 2.39. The summed E-state index contributed by atoms with van der Waals surface area (Å²) in [6.07, 6.45) is 11.1. The second-order valence-electron chi connectivity index (χ2n) is 9.18. The maximum Gasteiger partial charge on any atom is 0.123 e. The van der Waals surface area contributed by atoms with Gasteiger partial charge in [0.1, 0.15) is 5.75 Å². The first kappa shape index (κ1) is 23.8. The molecule has 1 nitrogen and oxygen atoms in total. The lowest BCUT2D eigenvalue weighted by Gasteiger charge is -2.17. The van der Waals surface area contributed by atoms with Gasteiger partial charge in [-0.2, -0.15) is 0 Å². The van der Waals surface area contributed by atoms with Crippen molar-refractivity contribution in [2.24, 2.45) is 0 Å². The van der Waals surface area contributed by atoms with Crippen molar-refractivity contribution in [2.45, 2.75) is 57.8 Å². The molecule has 0 atom stereocenters. The summed E-state index contributed by atoms with van der Waals surface area (Å²) in [7, 11) is 0. The van der Waals surface area contributed by atoms with Gasteiger partial charge < -0.3 is 5.11 Å². The quantitative estimate of drug-likeness (QED) is 0.214. The Bertz CT molecular complexity index is 1120. The van der Waals surface area contributed by atoms with Crippen LogP contribution in [0.15, 0.2) is 103 Å². The van der Waals surface area contributed by atoms with E-state index >= 15 is 0 Å². The molecule has 0 saturated heterocycles. The van der Waals surface area contributed by atoms with Gasteiger partial charge in [0.2, 0.25) is 0 Å². The lowest BCUT2D eigenvalue weighted by Crippen LogP contribution is -1.96. The smallest absolute Gasteiger partial charge is 0.123 e. The van der Waals surface area contributed by atoms with Crippen molar-refractivity contribution in [3.05, 3.63) is 114 Å². The molecule has 0 spiro atoms. The molecule has 34 heavy (non-hydrogen) atoms. The third-order valence-electron chi connectivity index (χ3n) is 6.67. The number of unbranched alkanes of at least 4 members (excludes halogenated alkanes) is 6. The number of aryl methyl sites for hydroxylation is 1. The second-order valence-corrected chi connectivity index (χ2v) is 9.18. The van der Waals surface area contributed by atoms with Crippen LogP contribution in [0.5, 0.6) is 5.75 Å². The molecule has 0 amide bonds. The Kier molecular flexibility index (Phi) is 8.97. The number of aromatic hydroxyl groups is 1. The largest absolute Gasteiger partial charge is 0.507 e. The summed E-state index contributed by atoms with van der Waals surface area (Å²) in [5, 5.41) is 10.8. The number of rotatable bonds is 12. The van der Waals surface area contributed by atoms with Gasteiger partial charge in [-0.05, 0) is 59.6 Å². The maximum absolute atomic E-state index is 10.8. The molecule has 0 aliphatic rings. The summed E-state index contributed by atoms with van der Waals surface area (Å²) >= 11 is 0. The number of benzene rings is 4. The monoisotopic (exact) mass is 448 g/mol. The topological polar surface area (TPSA) is 20.2 Å². The molecular formula is C33H36O.